The van der Waals surface area contributed by atoms with Crippen molar-refractivity contribution in [2.45, 2.75) is 52.8 Å². The third-order valence-electron chi connectivity index (χ3n) is 3.55. The van der Waals surface area contributed by atoms with Crippen molar-refractivity contribution in [2.24, 2.45) is 11.8 Å². The highest BCUT2D eigenvalue weighted by molar-refractivity contribution is 4.93. The van der Waals surface area contributed by atoms with Gasteiger partial charge in [0.25, 0.3) is 0 Å². The number of hydrogen-bond acceptors (Lipinski definition) is 1. The van der Waals surface area contributed by atoms with Crippen LogP contribution in [0.1, 0.15) is 41.0 Å². The van der Waals surface area contributed by atoms with Gasteiger partial charge in [-0.25, -0.2) is 4.39 Å². The first-order valence-corrected chi connectivity index (χ1v) is 5.77. The van der Waals surface area contributed by atoms with Crippen molar-refractivity contribution in [3.8, 4) is 0 Å². The highest BCUT2D eigenvalue weighted by Crippen LogP contribution is 2.36. The van der Waals surface area contributed by atoms with Crippen molar-refractivity contribution in [1.29, 1.82) is 0 Å². The van der Waals surface area contributed by atoms with Gasteiger partial charge < -0.3 is 0 Å². The lowest BCUT2D eigenvalue weighted by atomic mass is 9.77. The lowest BCUT2D eigenvalue weighted by Crippen LogP contribution is -2.52. The van der Waals surface area contributed by atoms with E-state index in [1.165, 1.54) is 0 Å². The van der Waals surface area contributed by atoms with E-state index in [4.69, 9.17) is 0 Å². The summed E-state index contributed by atoms with van der Waals surface area (Å²) >= 11 is 0. The van der Waals surface area contributed by atoms with Crippen LogP contribution in [0.15, 0.2) is 0 Å². The summed E-state index contributed by atoms with van der Waals surface area (Å²) in [5.74, 6) is 0.691. The van der Waals surface area contributed by atoms with Gasteiger partial charge in [-0.3, -0.25) is 4.90 Å². The minimum Gasteiger partial charge on any atom is -0.298 e. The standard InChI is InChI=1S/C12H24FN/c1-9(2)11-6-7-14(10(3)4)8-12(11,5)13/h9-11H,6-8H2,1-5H3. The van der Waals surface area contributed by atoms with Crippen molar-refractivity contribution in [2.75, 3.05) is 13.1 Å². The Labute approximate surface area is 87.7 Å². The van der Waals surface area contributed by atoms with Crippen LogP contribution in [0.5, 0.6) is 0 Å². The van der Waals surface area contributed by atoms with Crippen LogP contribution in [-0.4, -0.2) is 29.7 Å². The molecule has 1 rings (SSSR count). The molecule has 1 heterocycles. The molecule has 0 radical (unpaired) electrons. The summed E-state index contributed by atoms with van der Waals surface area (Å²) in [6.45, 7) is 12.0. The van der Waals surface area contributed by atoms with Crippen LogP contribution in [0, 0.1) is 11.8 Å². The van der Waals surface area contributed by atoms with Crippen molar-refractivity contribution < 1.29 is 4.39 Å². The first-order chi connectivity index (χ1) is 6.34. The SMILES string of the molecule is CC(C)C1CCN(C(C)C)CC1(C)F. The fourth-order valence-corrected chi connectivity index (χ4v) is 2.67. The molecule has 1 aliphatic heterocycles. The minimum atomic E-state index is -1.00. The Bertz CT molecular complexity index is 187. The first-order valence-electron chi connectivity index (χ1n) is 5.77. The van der Waals surface area contributed by atoms with Crippen molar-refractivity contribution >= 4 is 0 Å². The van der Waals surface area contributed by atoms with E-state index in [2.05, 4.69) is 32.6 Å². The van der Waals surface area contributed by atoms with E-state index < -0.39 is 5.67 Å². The summed E-state index contributed by atoms with van der Waals surface area (Å²) in [6, 6.07) is 0.471. The summed E-state index contributed by atoms with van der Waals surface area (Å²) in [7, 11) is 0. The van der Waals surface area contributed by atoms with Gasteiger partial charge in [-0.1, -0.05) is 13.8 Å². The van der Waals surface area contributed by atoms with Gasteiger partial charge in [-0.2, -0.15) is 0 Å². The molecule has 1 saturated heterocycles. The van der Waals surface area contributed by atoms with Crippen LogP contribution in [-0.2, 0) is 0 Å². The van der Waals surface area contributed by atoms with Crippen LogP contribution >= 0.6 is 0 Å². The van der Waals surface area contributed by atoms with E-state index in [0.29, 0.717) is 18.5 Å². The number of piperidine rings is 1. The second-order valence-electron chi connectivity index (χ2n) is 5.48. The second-order valence-corrected chi connectivity index (χ2v) is 5.48. The number of halogens is 1. The molecule has 0 aliphatic carbocycles. The number of rotatable bonds is 2. The van der Waals surface area contributed by atoms with Crippen LogP contribution in [0.25, 0.3) is 0 Å². The molecule has 14 heavy (non-hydrogen) atoms. The molecule has 0 saturated carbocycles. The normalized spacial score (nSPS) is 35.6. The van der Waals surface area contributed by atoms with Gasteiger partial charge in [0.1, 0.15) is 5.67 Å². The molecular formula is C12H24FN. The average Bonchev–Trinajstić information content (AvgIpc) is 2.01. The van der Waals surface area contributed by atoms with Gasteiger partial charge in [-0.15, -0.1) is 0 Å². The molecule has 2 heteroatoms. The highest BCUT2D eigenvalue weighted by atomic mass is 19.1. The van der Waals surface area contributed by atoms with Crippen molar-refractivity contribution in [1.82, 2.24) is 4.90 Å². The molecule has 1 nitrogen and oxygen atoms in total. The van der Waals surface area contributed by atoms with Gasteiger partial charge in [0.05, 0.1) is 0 Å². The average molecular weight is 201 g/mol. The summed E-state index contributed by atoms with van der Waals surface area (Å²) in [5.41, 5.74) is -1.00. The van der Waals surface area contributed by atoms with Crippen LogP contribution in [0.4, 0.5) is 4.39 Å². The summed E-state index contributed by atoms with van der Waals surface area (Å²) in [4.78, 5) is 2.25. The Morgan fingerprint density at radius 2 is 1.86 bits per heavy atom. The minimum absolute atomic E-state index is 0.234. The van der Waals surface area contributed by atoms with E-state index >= 15 is 0 Å². The number of likely N-dealkylation sites (tertiary alicyclic amines) is 1. The zero-order valence-electron chi connectivity index (χ0n) is 10.2. The monoisotopic (exact) mass is 201 g/mol. The number of alkyl halides is 1. The molecule has 2 unspecified atom stereocenters. The van der Waals surface area contributed by atoms with Gasteiger partial charge >= 0.3 is 0 Å². The molecule has 84 valence electrons. The Hall–Kier alpha value is -0.110. The van der Waals surface area contributed by atoms with E-state index in [9.17, 15) is 4.39 Å². The van der Waals surface area contributed by atoms with Gasteiger partial charge in [-0.05, 0) is 45.6 Å². The molecule has 0 amide bonds. The molecule has 2 atom stereocenters. The molecule has 1 aliphatic rings. The second kappa shape index (κ2) is 4.18. The Balaban J connectivity index is 2.65. The molecule has 0 bridgehead atoms. The highest BCUT2D eigenvalue weighted by Gasteiger charge is 2.41. The molecular weight excluding hydrogens is 177 g/mol. The Morgan fingerprint density at radius 1 is 1.29 bits per heavy atom. The molecule has 1 fully saturated rings. The summed E-state index contributed by atoms with van der Waals surface area (Å²) < 4.78 is 14.4. The lowest BCUT2D eigenvalue weighted by molar-refractivity contribution is -0.0258. The molecule has 0 aromatic heterocycles. The van der Waals surface area contributed by atoms with E-state index in [1.54, 1.807) is 6.92 Å². The molecule has 0 aromatic carbocycles. The van der Waals surface area contributed by atoms with Crippen LogP contribution in [0.3, 0.4) is 0 Å². The molecule has 0 spiro atoms. The zero-order valence-corrected chi connectivity index (χ0v) is 10.2. The maximum absolute atomic E-state index is 14.4. The predicted molar refractivity (Wildman–Crippen MR) is 59.2 cm³/mol. The largest absolute Gasteiger partial charge is 0.298 e. The fourth-order valence-electron chi connectivity index (χ4n) is 2.67. The topological polar surface area (TPSA) is 3.24 Å². The van der Waals surface area contributed by atoms with Gasteiger partial charge in [0.15, 0.2) is 0 Å². The maximum Gasteiger partial charge on any atom is 0.124 e. The molecule has 0 aromatic rings. The molecule has 0 N–H and O–H groups in total. The smallest absolute Gasteiger partial charge is 0.124 e. The van der Waals surface area contributed by atoms with E-state index in [1.807, 2.05) is 0 Å². The number of hydrogen-bond donors (Lipinski definition) is 0. The quantitative estimate of drug-likeness (QED) is 0.663. The van der Waals surface area contributed by atoms with Crippen LogP contribution < -0.4 is 0 Å². The van der Waals surface area contributed by atoms with Crippen LogP contribution in [0.2, 0.25) is 0 Å². The van der Waals surface area contributed by atoms with Gasteiger partial charge in [0.2, 0.25) is 0 Å². The number of nitrogens with zero attached hydrogens (tertiary/aromatic N) is 1. The summed E-state index contributed by atoms with van der Waals surface area (Å²) in [6.07, 6.45) is 1.00. The van der Waals surface area contributed by atoms with Crippen molar-refractivity contribution in [3.05, 3.63) is 0 Å². The van der Waals surface area contributed by atoms with E-state index in [0.717, 1.165) is 13.0 Å². The maximum atomic E-state index is 14.4. The van der Waals surface area contributed by atoms with Gasteiger partial charge in [0, 0.05) is 12.6 Å². The Kier molecular flexibility index (Phi) is 3.57. The zero-order chi connectivity index (χ0) is 10.9. The lowest BCUT2D eigenvalue weighted by Gasteiger charge is -2.44. The van der Waals surface area contributed by atoms with E-state index in [-0.39, 0.29) is 5.92 Å². The Morgan fingerprint density at radius 3 is 2.21 bits per heavy atom. The third-order valence-corrected chi connectivity index (χ3v) is 3.55. The summed E-state index contributed by atoms with van der Waals surface area (Å²) in [5, 5.41) is 0. The fraction of sp³-hybridized carbons (Fsp3) is 1.00. The third kappa shape index (κ3) is 2.47. The van der Waals surface area contributed by atoms with Crippen molar-refractivity contribution in [3.63, 3.8) is 0 Å². The predicted octanol–water partition coefficient (Wildman–Crippen LogP) is 3.10. The first kappa shape index (κ1) is 12.0.